The molecule has 3 rings (SSSR count). The van der Waals surface area contributed by atoms with Crippen LogP contribution in [-0.2, 0) is 11.4 Å². The van der Waals surface area contributed by atoms with Gasteiger partial charge < -0.3 is 10.1 Å². The Labute approximate surface area is 211 Å². The summed E-state index contributed by atoms with van der Waals surface area (Å²) in [7, 11) is 0. The molecule has 5 nitrogen and oxygen atoms in total. The lowest BCUT2D eigenvalue weighted by Crippen LogP contribution is -2.25. The Morgan fingerprint density at radius 2 is 1.77 bits per heavy atom. The van der Waals surface area contributed by atoms with Gasteiger partial charge in [0.1, 0.15) is 18.2 Å². The van der Waals surface area contributed by atoms with E-state index in [9.17, 15) is 9.18 Å². The zero-order valence-corrected chi connectivity index (χ0v) is 21.1. The van der Waals surface area contributed by atoms with E-state index in [4.69, 9.17) is 16.3 Å². The third-order valence-electron chi connectivity index (χ3n) is 4.05. The van der Waals surface area contributed by atoms with Gasteiger partial charge in [-0.15, -0.1) is 0 Å². The molecule has 0 aliphatic heterocycles. The lowest BCUT2D eigenvalue weighted by molar-refractivity contribution is -0.119. The normalized spacial score (nSPS) is 10.8. The van der Waals surface area contributed by atoms with Crippen LogP contribution in [0.1, 0.15) is 11.1 Å². The highest BCUT2D eigenvalue weighted by Gasteiger charge is 2.10. The molecule has 0 spiro atoms. The number of anilines is 1. The van der Waals surface area contributed by atoms with Crippen LogP contribution in [0.5, 0.6) is 5.75 Å². The zero-order chi connectivity index (χ0) is 22.2. The Balaban J connectivity index is 1.54. The second-order valence-electron chi connectivity index (χ2n) is 6.35. The van der Waals surface area contributed by atoms with Gasteiger partial charge in [-0.05, 0) is 93.2 Å². The summed E-state index contributed by atoms with van der Waals surface area (Å²) in [6.45, 7) is 0.392. The second-order valence-corrected chi connectivity index (χ2v) is 9.08. The quantitative estimate of drug-likeness (QED) is 0.181. The van der Waals surface area contributed by atoms with E-state index in [1.807, 2.05) is 36.4 Å². The summed E-state index contributed by atoms with van der Waals surface area (Å²) in [6, 6.07) is 17.2. The van der Waals surface area contributed by atoms with Crippen molar-refractivity contribution in [3.05, 3.63) is 89.8 Å². The molecular weight excluding hydrogens is 647 g/mol. The van der Waals surface area contributed by atoms with Crippen LogP contribution in [-0.4, -0.2) is 18.7 Å². The molecule has 3 aromatic carbocycles. The average molecular weight is 664 g/mol. The molecule has 0 aromatic heterocycles. The van der Waals surface area contributed by atoms with Gasteiger partial charge in [-0.3, -0.25) is 4.79 Å². The molecule has 0 bridgehead atoms. The second kappa shape index (κ2) is 11.6. The summed E-state index contributed by atoms with van der Waals surface area (Å²) < 4.78 is 20.7. The van der Waals surface area contributed by atoms with E-state index in [1.165, 1.54) is 12.1 Å². The van der Waals surface area contributed by atoms with Crippen LogP contribution in [0.4, 0.5) is 10.1 Å². The maximum Gasteiger partial charge on any atom is 0.259 e. The highest BCUT2D eigenvalue weighted by Crippen LogP contribution is 2.30. The Hall–Kier alpha value is -1.92. The van der Waals surface area contributed by atoms with Crippen LogP contribution >= 0.6 is 56.8 Å². The standard InChI is InChI=1S/C22H17ClFI2N3O2/c23-18-4-2-1-3-15(18)13-31-22-19(25)9-14(10-20(22)26)11-28-29-21(30)12-27-17-7-5-16(24)6-8-17/h1-11,27H,12-13H2,(H,29,30)/b28-11-. The predicted octanol–water partition coefficient (Wildman–Crippen LogP) is 5.83. The number of nitrogens with one attached hydrogen (secondary N) is 2. The lowest BCUT2D eigenvalue weighted by atomic mass is 10.2. The van der Waals surface area contributed by atoms with E-state index in [0.717, 1.165) is 24.0 Å². The van der Waals surface area contributed by atoms with E-state index in [-0.39, 0.29) is 18.3 Å². The first-order valence-corrected chi connectivity index (χ1v) is 11.6. The third kappa shape index (κ3) is 7.32. The number of rotatable bonds is 8. The van der Waals surface area contributed by atoms with Crippen molar-refractivity contribution in [2.45, 2.75) is 6.61 Å². The van der Waals surface area contributed by atoms with Crippen molar-refractivity contribution in [2.24, 2.45) is 5.10 Å². The molecule has 0 saturated carbocycles. The SMILES string of the molecule is O=C(CNc1ccc(F)cc1)N/N=C\c1cc(I)c(OCc2ccccc2Cl)c(I)c1. The molecule has 31 heavy (non-hydrogen) atoms. The molecule has 1 amide bonds. The minimum atomic E-state index is -0.329. The largest absolute Gasteiger partial charge is 0.487 e. The van der Waals surface area contributed by atoms with Crippen molar-refractivity contribution in [1.82, 2.24) is 5.43 Å². The van der Waals surface area contributed by atoms with E-state index < -0.39 is 0 Å². The van der Waals surface area contributed by atoms with E-state index in [1.54, 1.807) is 18.3 Å². The third-order valence-corrected chi connectivity index (χ3v) is 6.02. The smallest absolute Gasteiger partial charge is 0.259 e. The van der Waals surface area contributed by atoms with Crippen LogP contribution in [0.25, 0.3) is 0 Å². The van der Waals surface area contributed by atoms with Crippen molar-refractivity contribution in [1.29, 1.82) is 0 Å². The molecule has 160 valence electrons. The monoisotopic (exact) mass is 663 g/mol. The van der Waals surface area contributed by atoms with Crippen molar-refractivity contribution < 1.29 is 13.9 Å². The molecule has 0 fully saturated rings. The summed E-state index contributed by atoms with van der Waals surface area (Å²) in [6.07, 6.45) is 1.57. The van der Waals surface area contributed by atoms with Crippen LogP contribution in [0.2, 0.25) is 5.02 Å². The summed E-state index contributed by atoms with van der Waals surface area (Å²) in [4.78, 5) is 11.9. The molecule has 0 saturated heterocycles. The van der Waals surface area contributed by atoms with Crippen LogP contribution in [0.3, 0.4) is 0 Å². The van der Waals surface area contributed by atoms with Gasteiger partial charge in [0.05, 0.1) is 19.9 Å². The molecule has 0 aliphatic rings. The minimum Gasteiger partial charge on any atom is -0.487 e. The topological polar surface area (TPSA) is 62.7 Å². The first-order valence-electron chi connectivity index (χ1n) is 9.09. The summed E-state index contributed by atoms with van der Waals surface area (Å²) >= 11 is 10.6. The Bertz CT molecular complexity index is 1070. The number of carbonyl (C=O) groups excluding carboxylic acids is 1. The maximum atomic E-state index is 12.9. The van der Waals surface area contributed by atoms with Crippen LogP contribution in [0, 0.1) is 13.0 Å². The van der Waals surface area contributed by atoms with Gasteiger partial charge in [0, 0.05) is 16.3 Å². The highest BCUT2D eigenvalue weighted by atomic mass is 127. The Morgan fingerprint density at radius 3 is 2.45 bits per heavy atom. The first kappa shape index (κ1) is 23.7. The number of hydrogen-bond donors (Lipinski definition) is 2. The number of ether oxygens (including phenoxy) is 1. The summed E-state index contributed by atoms with van der Waals surface area (Å²) in [5.74, 6) is 0.125. The maximum absolute atomic E-state index is 12.9. The van der Waals surface area contributed by atoms with E-state index in [2.05, 4.69) is 61.0 Å². The molecule has 0 radical (unpaired) electrons. The molecule has 2 N–H and O–H groups in total. The Kier molecular flexibility index (Phi) is 8.90. The van der Waals surface area contributed by atoms with Gasteiger partial charge in [0.2, 0.25) is 0 Å². The molecular formula is C22H17ClFI2N3O2. The molecule has 0 atom stereocenters. The fourth-order valence-electron chi connectivity index (χ4n) is 2.53. The van der Waals surface area contributed by atoms with Crippen molar-refractivity contribution >= 4 is 74.6 Å². The highest BCUT2D eigenvalue weighted by molar-refractivity contribution is 14.1. The number of amides is 1. The number of hydrazone groups is 1. The number of nitrogens with zero attached hydrogens (tertiary/aromatic N) is 1. The fourth-order valence-corrected chi connectivity index (χ4v) is 4.84. The van der Waals surface area contributed by atoms with Gasteiger partial charge in [0.15, 0.2) is 0 Å². The van der Waals surface area contributed by atoms with Crippen molar-refractivity contribution in [2.75, 3.05) is 11.9 Å². The summed E-state index contributed by atoms with van der Waals surface area (Å²) in [5, 5.41) is 7.56. The first-order chi connectivity index (χ1) is 14.9. The number of benzene rings is 3. The molecule has 3 aromatic rings. The predicted molar refractivity (Wildman–Crippen MR) is 138 cm³/mol. The fraction of sp³-hybridized carbons (Fsp3) is 0.0909. The van der Waals surface area contributed by atoms with Gasteiger partial charge >= 0.3 is 0 Å². The van der Waals surface area contributed by atoms with Crippen molar-refractivity contribution in [3.8, 4) is 5.75 Å². The van der Waals surface area contributed by atoms with Gasteiger partial charge in [0.25, 0.3) is 5.91 Å². The Morgan fingerprint density at radius 1 is 1.10 bits per heavy atom. The van der Waals surface area contributed by atoms with E-state index >= 15 is 0 Å². The minimum absolute atomic E-state index is 0.0207. The number of hydrogen-bond acceptors (Lipinski definition) is 4. The van der Waals surface area contributed by atoms with Crippen LogP contribution < -0.4 is 15.5 Å². The zero-order valence-electron chi connectivity index (χ0n) is 16.0. The van der Waals surface area contributed by atoms with Gasteiger partial charge in [-0.2, -0.15) is 5.10 Å². The molecule has 0 unspecified atom stereocenters. The van der Waals surface area contributed by atoms with Crippen LogP contribution in [0.15, 0.2) is 65.8 Å². The van der Waals surface area contributed by atoms with Gasteiger partial charge in [-0.25, -0.2) is 9.82 Å². The molecule has 0 heterocycles. The van der Waals surface area contributed by atoms with E-state index in [0.29, 0.717) is 17.3 Å². The summed E-state index contributed by atoms with van der Waals surface area (Å²) in [5.41, 5.74) is 4.85. The number of halogens is 4. The average Bonchev–Trinajstić information content (AvgIpc) is 2.74. The lowest BCUT2D eigenvalue weighted by Gasteiger charge is -2.12. The van der Waals surface area contributed by atoms with Crippen molar-refractivity contribution in [3.63, 3.8) is 0 Å². The van der Waals surface area contributed by atoms with Gasteiger partial charge in [-0.1, -0.05) is 29.8 Å². The number of carbonyl (C=O) groups is 1. The molecule has 9 heteroatoms. The molecule has 0 aliphatic carbocycles.